The van der Waals surface area contributed by atoms with Crippen molar-refractivity contribution in [3.8, 4) is 0 Å². The summed E-state index contributed by atoms with van der Waals surface area (Å²) in [5.41, 5.74) is 1.49. The third-order valence-electron chi connectivity index (χ3n) is 3.49. The van der Waals surface area contributed by atoms with E-state index in [-0.39, 0.29) is 11.9 Å². The molecule has 4 nitrogen and oxygen atoms in total. The summed E-state index contributed by atoms with van der Waals surface area (Å²) in [5.74, 6) is 1.49. The Morgan fingerprint density at radius 1 is 1.26 bits per heavy atom. The summed E-state index contributed by atoms with van der Waals surface area (Å²) in [6, 6.07) is 7.33. The predicted octanol–water partition coefficient (Wildman–Crippen LogP) is 1.34. The summed E-state index contributed by atoms with van der Waals surface area (Å²) in [6.45, 7) is 1.50. The number of thioether (sulfide) groups is 1. The first-order valence-electron chi connectivity index (χ1n) is 6.41. The summed E-state index contributed by atoms with van der Waals surface area (Å²) < 4.78 is 5.29. The fourth-order valence-corrected chi connectivity index (χ4v) is 3.36. The van der Waals surface area contributed by atoms with E-state index in [2.05, 4.69) is 0 Å². The van der Waals surface area contributed by atoms with Crippen LogP contribution < -0.4 is 0 Å². The lowest BCUT2D eigenvalue weighted by Crippen LogP contribution is -2.47. The number of cyclic esters (lactones) is 1. The molecule has 2 aliphatic rings. The number of ether oxygens (including phenoxy) is 1. The number of amides is 1. The molecule has 0 N–H and O–H groups in total. The minimum absolute atomic E-state index is 0.0526. The van der Waals surface area contributed by atoms with Gasteiger partial charge in [-0.2, -0.15) is 11.8 Å². The van der Waals surface area contributed by atoms with Crippen molar-refractivity contribution in [2.45, 2.75) is 12.5 Å². The Kier molecular flexibility index (Phi) is 3.46. The average molecular weight is 277 g/mol. The lowest BCUT2D eigenvalue weighted by Gasteiger charge is -2.31. The van der Waals surface area contributed by atoms with Gasteiger partial charge < -0.3 is 9.64 Å². The number of carbonyl (C=O) groups is 2. The van der Waals surface area contributed by atoms with Crippen LogP contribution in [0.25, 0.3) is 0 Å². The van der Waals surface area contributed by atoms with Crippen molar-refractivity contribution in [3.63, 3.8) is 0 Å². The Morgan fingerprint density at radius 2 is 2.00 bits per heavy atom. The largest absolute Gasteiger partial charge is 0.448 e. The van der Waals surface area contributed by atoms with Crippen molar-refractivity contribution < 1.29 is 14.3 Å². The maximum absolute atomic E-state index is 12.3. The van der Waals surface area contributed by atoms with E-state index in [4.69, 9.17) is 4.74 Å². The molecule has 1 aromatic carbocycles. The molecule has 0 aromatic heterocycles. The number of fused-ring (bicyclic) bond motifs is 1. The molecule has 0 spiro atoms. The summed E-state index contributed by atoms with van der Waals surface area (Å²) in [5, 5.41) is 0. The van der Waals surface area contributed by atoms with Crippen LogP contribution in [0.5, 0.6) is 0 Å². The minimum Gasteiger partial charge on any atom is -0.448 e. The summed E-state index contributed by atoms with van der Waals surface area (Å²) in [6.07, 6.45) is -0.157. The highest BCUT2D eigenvalue weighted by atomic mass is 32.2. The molecule has 0 bridgehead atoms. The standard InChI is InChI=1S/C14H15NO3S/c16-13(15-5-7-19-8-6-15)12-9-10-3-1-2-4-11(10)14(17)18-12/h1-4,12H,5-9H2. The zero-order valence-corrected chi connectivity index (χ0v) is 11.3. The van der Waals surface area contributed by atoms with E-state index in [9.17, 15) is 9.59 Å². The molecule has 1 aromatic rings. The van der Waals surface area contributed by atoms with E-state index >= 15 is 0 Å². The second kappa shape index (κ2) is 5.25. The summed E-state index contributed by atoms with van der Waals surface area (Å²) in [7, 11) is 0. The SMILES string of the molecule is O=C1OC(C(=O)N2CCSCC2)Cc2ccccc21. The number of esters is 1. The molecule has 2 heterocycles. The van der Waals surface area contributed by atoms with Gasteiger partial charge in [0.05, 0.1) is 5.56 Å². The molecule has 100 valence electrons. The summed E-state index contributed by atoms with van der Waals surface area (Å²) in [4.78, 5) is 26.0. The fraction of sp³-hybridized carbons (Fsp3) is 0.429. The van der Waals surface area contributed by atoms with Gasteiger partial charge in [0, 0.05) is 31.0 Å². The van der Waals surface area contributed by atoms with Crippen LogP contribution in [-0.2, 0) is 16.0 Å². The van der Waals surface area contributed by atoms with Crippen LogP contribution in [0.15, 0.2) is 24.3 Å². The van der Waals surface area contributed by atoms with E-state index in [0.717, 1.165) is 30.2 Å². The quantitative estimate of drug-likeness (QED) is 0.727. The van der Waals surface area contributed by atoms with E-state index in [1.165, 1.54) is 0 Å². The molecule has 1 fully saturated rings. The highest BCUT2D eigenvalue weighted by Crippen LogP contribution is 2.22. The van der Waals surface area contributed by atoms with Gasteiger partial charge in [0.1, 0.15) is 0 Å². The van der Waals surface area contributed by atoms with Gasteiger partial charge in [-0.25, -0.2) is 4.79 Å². The highest BCUT2D eigenvalue weighted by molar-refractivity contribution is 7.99. The smallest absolute Gasteiger partial charge is 0.339 e. The number of benzene rings is 1. The Balaban J connectivity index is 1.77. The zero-order chi connectivity index (χ0) is 13.2. The number of carbonyl (C=O) groups excluding carboxylic acids is 2. The first-order chi connectivity index (χ1) is 9.25. The third-order valence-corrected chi connectivity index (χ3v) is 4.43. The normalized spacial score (nSPS) is 22.6. The van der Waals surface area contributed by atoms with Gasteiger partial charge in [0.2, 0.25) is 0 Å². The van der Waals surface area contributed by atoms with E-state index < -0.39 is 6.10 Å². The average Bonchev–Trinajstić information content (AvgIpc) is 2.47. The van der Waals surface area contributed by atoms with Crippen LogP contribution in [0, 0.1) is 0 Å². The lowest BCUT2D eigenvalue weighted by molar-refractivity contribution is -0.140. The Morgan fingerprint density at radius 3 is 2.79 bits per heavy atom. The Hall–Kier alpha value is -1.49. The highest BCUT2D eigenvalue weighted by Gasteiger charge is 2.34. The van der Waals surface area contributed by atoms with E-state index in [0.29, 0.717) is 12.0 Å². The third kappa shape index (κ3) is 2.47. The molecule has 1 unspecified atom stereocenters. The minimum atomic E-state index is -0.648. The molecule has 1 atom stereocenters. The van der Waals surface area contributed by atoms with Gasteiger partial charge in [0.15, 0.2) is 6.10 Å². The number of nitrogens with zero attached hydrogens (tertiary/aromatic N) is 1. The van der Waals surface area contributed by atoms with Gasteiger partial charge >= 0.3 is 5.97 Å². The van der Waals surface area contributed by atoms with Gasteiger partial charge in [-0.05, 0) is 11.6 Å². The van der Waals surface area contributed by atoms with Crippen LogP contribution in [0.1, 0.15) is 15.9 Å². The molecule has 19 heavy (non-hydrogen) atoms. The number of hydrogen-bond donors (Lipinski definition) is 0. The monoisotopic (exact) mass is 277 g/mol. The second-order valence-corrected chi connectivity index (χ2v) is 5.92. The molecule has 0 radical (unpaired) electrons. The van der Waals surface area contributed by atoms with Crippen LogP contribution >= 0.6 is 11.8 Å². The molecule has 1 saturated heterocycles. The number of hydrogen-bond acceptors (Lipinski definition) is 4. The maximum atomic E-state index is 12.3. The predicted molar refractivity (Wildman–Crippen MR) is 73.3 cm³/mol. The van der Waals surface area contributed by atoms with Gasteiger partial charge in [-0.3, -0.25) is 4.79 Å². The van der Waals surface area contributed by atoms with Crippen molar-refractivity contribution in [2.24, 2.45) is 0 Å². The van der Waals surface area contributed by atoms with Crippen molar-refractivity contribution in [1.29, 1.82) is 0 Å². The molecule has 3 rings (SSSR count). The molecular weight excluding hydrogens is 262 g/mol. The topological polar surface area (TPSA) is 46.6 Å². The Bertz CT molecular complexity index is 511. The van der Waals surface area contributed by atoms with Gasteiger partial charge in [0.25, 0.3) is 5.91 Å². The van der Waals surface area contributed by atoms with E-state index in [1.54, 1.807) is 6.07 Å². The molecule has 0 aliphatic carbocycles. The Labute approximate surface area is 116 Å². The summed E-state index contributed by atoms with van der Waals surface area (Å²) >= 11 is 1.85. The van der Waals surface area contributed by atoms with Crippen LogP contribution in [0.3, 0.4) is 0 Å². The fourth-order valence-electron chi connectivity index (χ4n) is 2.46. The molecule has 5 heteroatoms. The van der Waals surface area contributed by atoms with Crippen LogP contribution in [0.2, 0.25) is 0 Å². The van der Waals surface area contributed by atoms with Gasteiger partial charge in [-0.1, -0.05) is 18.2 Å². The maximum Gasteiger partial charge on any atom is 0.339 e. The molecular formula is C14H15NO3S. The molecule has 0 saturated carbocycles. The molecule has 1 amide bonds. The molecule has 2 aliphatic heterocycles. The number of rotatable bonds is 1. The van der Waals surface area contributed by atoms with Crippen molar-refractivity contribution in [1.82, 2.24) is 4.90 Å². The van der Waals surface area contributed by atoms with Crippen molar-refractivity contribution in [3.05, 3.63) is 35.4 Å². The first-order valence-corrected chi connectivity index (χ1v) is 7.56. The van der Waals surface area contributed by atoms with Crippen LogP contribution in [0.4, 0.5) is 0 Å². The zero-order valence-electron chi connectivity index (χ0n) is 10.5. The lowest BCUT2D eigenvalue weighted by atomic mass is 9.98. The van der Waals surface area contributed by atoms with E-state index in [1.807, 2.05) is 34.9 Å². The van der Waals surface area contributed by atoms with Crippen LogP contribution in [-0.4, -0.2) is 47.5 Å². The van der Waals surface area contributed by atoms with Crippen molar-refractivity contribution >= 4 is 23.6 Å². The first kappa shape index (κ1) is 12.5. The van der Waals surface area contributed by atoms with Gasteiger partial charge in [-0.15, -0.1) is 0 Å². The van der Waals surface area contributed by atoms with Crippen molar-refractivity contribution in [2.75, 3.05) is 24.6 Å². The second-order valence-electron chi connectivity index (χ2n) is 4.69.